The van der Waals surface area contributed by atoms with E-state index < -0.39 is 11.6 Å². The summed E-state index contributed by atoms with van der Waals surface area (Å²) >= 11 is 1.12. The average molecular weight is 376 g/mol. The van der Waals surface area contributed by atoms with Crippen LogP contribution in [0.1, 0.15) is 42.1 Å². The highest BCUT2D eigenvalue weighted by Crippen LogP contribution is 2.40. The van der Waals surface area contributed by atoms with Crippen LogP contribution in [0.5, 0.6) is 0 Å². The van der Waals surface area contributed by atoms with Gasteiger partial charge in [-0.25, -0.2) is 18.7 Å². The number of hydrogen-bond donors (Lipinski definition) is 1. The van der Waals surface area contributed by atoms with Crippen LogP contribution in [0.2, 0.25) is 0 Å². The number of nitrogens with zero attached hydrogens (tertiary/aromatic N) is 3. The van der Waals surface area contributed by atoms with E-state index in [1.165, 1.54) is 0 Å². The summed E-state index contributed by atoms with van der Waals surface area (Å²) in [5.74, 6) is -1.89. The maximum Gasteiger partial charge on any atom is 0.271 e. The monoisotopic (exact) mass is 376 g/mol. The number of nitrogens with one attached hydrogen (secondary N) is 1. The minimum atomic E-state index is -0.793. The molecule has 3 rings (SSSR count). The van der Waals surface area contributed by atoms with E-state index in [2.05, 4.69) is 24.1 Å². The third-order valence-corrected chi connectivity index (χ3v) is 5.68. The summed E-state index contributed by atoms with van der Waals surface area (Å²) in [4.78, 5) is 18.4. The number of aromatic nitrogens is 1. The Labute approximate surface area is 154 Å². The zero-order chi connectivity index (χ0) is 19.1. The van der Waals surface area contributed by atoms with E-state index in [9.17, 15) is 18.8 Å². The largest absolute Gasteiger partial charge is 0.347 e. The molecule has 26 heavy (non-hydrogen) atoms. The van der Waals surface area contributed by atoms with Gasteiger partial charge in [0.15, 0.2) is 6.19 Å². The van der Waals surface area contributed by atoms with Gasteiger partial charge in [-0.05, 0) is 37.3 Å². The topological polar surface area (TPSA) is 69.0 Å². The lowest BCUT2D eigenvalue weighted by Gasteiger charge is -2.44. The predicted octanol–water partition coefficient (Wildman–Crippen LogP) is 4.27. The summed E-state index contributed by atoms with van der Waals surface area (Å²) in [5, 5.41) is 12.6. The van der Waals surface area contributed by atoms with Crippen molar-refractivity contribution in [3.8, 4) is 6.19 Å². The van der Waals surface area contributed by atoms with Crippen molar-refractivity contribution in [1.29, 1.82) is 5.26 Å². The Hall–Kier alpha value is -2.53. The first-order valence-corrected chi connectivity index (χ1v) is 8.97. The number of carbonyl (C=O) groups is 1. The molecule has 1 saturated carbocycles. The molecule has 0 aliphatic heterocycles. The Bertz CT molecular complexity index is 883. The maximum atomic E-state index is 13.5. The highest BCUT2D eigenvalue weighted by molar-refractivity contribution is 7.16. The normalized spacial score (nSPS) is 17.9. The van der Waals surface area contributed by atoms with Crippen LogP contribution in [0.25, 0.3) is 0 Å². The molecule has 136 valence electrons. The molecule has 5 nitrogen and oxygen atoms in total. The average Bonchev–Trinajstić information content (AvgIpc) is 2.93. The number of anilines is 2. The van der Waals surface area contributed by atoms with Crippen molar-refractivity contribution >= 4 is 28.1 Å². The molecule has 2 aromatic rings. The van der Waals surface area contributed by atoms with Gasteiger partial charge in [0.05, 0.1) is 5.69 Å². The Kier molecular flexibility index (Phi) is 4.67. The van der Waals surface area contributed by atoms with Crippen LogP contribution in [0.4, 0.5) is 19.6 Å². The summed E-state index contributed by atoms with van der Waals surface area (Å²) in [5.41, 5.74) is 0.302. The molecule has 1 heterocycles. The van der Waals surface area contributed by atoms with Gasteiger partial charge in [-0.2, -0.15) is 5.26 Å². The van der Waals surface area contributed by atoms with Gasteiger partial charge in [0.25, 0.3) is 5.91 Å². The van der Waals surface area contributed by atoms with Gasteiger partial charge in [-0.3, -0.25) is 4.79 Å². The Morgan fingerprint density at radius 2 is 2.04 bits per heavy atom. The lowest BCUT2D eigenvalue weighted by molar-refractivity contribution is 0.0728. The molecule has 1 aliphatic carbocycles. The number of carbonyl (C=O) groups excluding carboxylic acids is 1. The Morgan fingerprint density at radius 3 is 2.54 bits per heavy atom. The quantitative estimate of drug-likeness (QED) is 0.639. The minimum absolute atomic E-state index is 0.0193. The molecule has 1 fully saturated rings. The maximum absolute atomic E-state index is 13.5. The second-order valence-electron chi connectivity index (χ2n) is 7.02. The van der Waals surface area contributed by atoms with Crippen molar-refractivity contribution in [3.05, 3.63) is 40.4 Å². The van der Waals surface area contributed by atoms with Gasteiger partial charge < -0.3 is 5.32 Å². The Balaban J connectivity index is 1.86. The fourth-order valence-corrected chi connectivity index (χ4v) is 3.81. The Morgan fingerprint density at radius 1 is 1.38 bits per heavy atom. The van der Waals surface area contributed by atoms with Gasteiger partial charge in [-0.1, -0.05) is 13.8 Å². The SMILES string of the molecule is Cc1sc(N(C#N)c2cc(F)cc(F)c2)nc1C(=O)N[C@H]1CCC1(C)C. The van der Waals surface area contributed by atoms with E-state index >= 15 is 0 Å². The standard InChI is InChI=1S/C18H18F2N4OS/c1-10-15(16(25)22-14-4-5-18(14,2)3)23-17(26-10)24(9-21)13-7-11(19)6-12(20)8-13/h6-8,14H,4-5H2,1-3H3,(H,22,25)/t14-/m0/s1. The van der Waals surface area contributed by atoms with Crippen molar-refractivity contribution in [3.63, 3.8) is 0 Å². The molecule has 0 bridgehead atoms. The first kappa shape index (κ1) is 18.3. The van der Waals surface area contributed by atoms with Crippen LogP contribution in [0, 0.1) is 35.4 Å². The zero-order valence-electron chi connectivity index (χ0n) is 14.6. The van der Waals surface area contributed by atoms with Crippen LogP contribution >= 0.6 is 11.3 Å². The highest BCUT2D eigenvalue weighted by Gasteiger charge is 2.39. The molecular weight excluding hydrogens is 358 g/mol. The number of benzene rings is 1. The molecule has 1 amide bonds. The van der Waals surface area contributed by atoms with E-state index in [1.54, 1.807) is 6.92 Å². The van der Waals surface area contributed by atoms with Crippen molar-refractivity contribution < 1.29 is 13.6 Å². The van der Waals surface area contributed by atoms with Crippen LogP contribution in [-0.2, 0) is 0 Å². The van der Waals surface area contributed by atoms with Crippen molar-refractivity contribution in [2.75, 3.05) is 4.90 Å². The number of aryl methyl sites for hydroxylation is 1. The van der Waals surface area contributed by atoms with Crippen LogP contribution in [0.15, 0.2) is 18.2 Å². The van der Waals surface area contributed by atoms with E-state index in [0.29, 0.717) is 4.88 Å². The second-order valence-corrected chi connectivity index (χ2v) is 8.20. The number of nitriles is 1. The third kappa shape index (κ3) is 3.40. The number of hydrogen-bond acceptors (Lipinski definition) is 5. The summed E-state index contributed by atoms with van der Waals surface area (Å²) in [7, 11) is 0. The fraction of sp³-hybridized carbons (Fsp3) is 0.389. The minimum Gasteiger partial charge on any atom is -0.347 e. The van der Waals surface area contributed by atoms with Gasteiger partial charge >= 0.3 is 0 Å². The molecular formula is C18H18F2N4OS. The van der Waals surface area contributed by atoms with Crippen LogP contribution in [-0.4, -0.2) is 16.9 Å². The highest BCUT2D eigenvalue weighted by atomic mass is 32.1. The van der Waals surface area contributed by atoms with Crippen molar-refractivity contribution in [1.82, 2.24) is 10.3 Å². The van der Waals surface area contributed by atoms with Gasteiger partial charge in [0.2, 0.25) is 5.13 Å². The van der Waals surface area contributed by atoms with Gasteiger partial charge in [0.1, 0.15) is 17.3 Å². The summed E-state index contributed by atoms with van der Waals surface area (Å²) in [6.45, 7) is 5.91. The number of rotatable bonds is 4. The fourth-order valence-electron chi connectivity index (χ4n) is 2.93. The first-order chi connectivity index (χ1) is 12.2. The number of amides is 1. The summed E-state index contributed by atoms with van der Waals surface area (Å²) < 4.78 is 26.9. The summed E-state index contributed by atoms with van der Waals surface area (Å²) in [6, 6.07) is 2.90. The lowest BCUT2D eigenvalue weighted by atomic mass is 9.67. The third-order valence-electron chi connectivity index (χ3n) is 4.72. The van der Waals surface area contributed by atoms with E-state index in [4.69, 9.17) is 0 Å². The molecule has 0 radical (unpaired) electrons. The smallest absolute Gasteiger partial charge is 0.271 e. The van der Waals surface area contributed by atoms with Gasteiger partial charge in [-0.15, -0.1) is 11.3 Å². The molecule has 0 spiro atoms. The van der Waals surface area contributed by atoms with Crippen LogP contribution < -0.4 is 10.2 Å². The van der Waals surface area contributed by atoms with Crippen LogP contribution in [0.3, 0.4) is 0 Å². The molecule has 0 unspecified atom stereocenters. The molecule has 1 N–H and O–H groups in total. The zero-order valence-corrected chi connectivity index (χ0v) is 15.5. The number of thiazole rings is 1. The molecule has 1 aromatic heterocycles. The first-order valence-electron chi connectivity index (χ1n) is 8.15. The predicted molar refractivity (Wildman–Crippen MR) is 95.2 cm³/mol. The van der Waals surface area contributed by atoms with Crippen molar-refractivity contribution in [2.45, 2.75) is 39.7 Å². The summed E-state index contributed by atoms with van der Waals surface area (Å²) in [6.07, 6.45) is 3.83. The van der Waals surface area contributed by atoms with E-state index in [-0.39, 0.29) is 33.9 Å². The molecule has 1 atom stereocenters. The van der Waals surface area contributed by atoms with E-state index in [0.717, 1.165) is 47.3 Å². The molecule has 8 heteroatoms. The lowest BCUT2D eigenvalue weighted by Crippen LogP contribution is -2.52. The molecule has 1 aliphatic rings. The van der Waals surface area contributed by atoms with Gasteiger partial charge in [0, 0.05) is 17.0 Å². The molecule has 0 saturated heterocycles. The van der Waals surface area contributed by atoms with Crippen molar-refractivity contribution in [2.24, 2.45) is 5.41 Å². The second kappa shape index (κ2) is 6.65. The van der Waals surface area contributed by atoms with E-state index in [1.807, 2.05) is 6.19 Å². The number of halogens is 2. The molecule has 1 aromatic carbocycles.